The third kappa shape index (κ3) is 6.49. The fourth-order valence-corrected chi connectivity index (χ4v) is 4.53. The number of rotatable bonds is 11. The minimum absolute atomic E-state index is 0.233. The molecule has 0 spiro atoms. The topological polar surface area (TPSA) is 15.7 Å². The third-order valence-corrected chi connectivity index (χ3v) is 6.40. The maximum atomic E-state index is 13.6. The van der Waals surface area contributed by atoms with Gasteiger partial charge in [0.05, 0.1) is 12.8 Å². The Labute approximate surface area is 190 Å². The first-order chi connectivity index (χ1) is 15.1. The van der Waals surface area contributed by atoms with Gasteiger partial charge < -0.3 is 13.9 Å². The molecule has 0 saturated carbocycles. The van der Waals surface area contributed by atoms with E-state index in [0.717, 1.165) is 55.2 Å². The van der Waals surface area contributed by atoms with Crippen LogP contribution in [0.25, 0.3) is 11.1 Å². The Morgan fingerprint density at radius 2 is 1.58 bits per heavy atom. The van der Waals surface area contributed by atoms with Crippen LogP contribution in [0, 0.1) is 5.82 Å². The second-order valence-electron chi connectivity index (χ2n) is 7.28. The van der Waals surface area contributed by atoms with Gasteiger partial charge in [-0.1, -0.05) is 44.2 Å². The van der Waals surface area contributed by atoms with Crippen LogP contribution in [-0.2, 0) is 0 Å². The lowest BCUT2D eigenvalue weighted by Crippen LogP contribution is -2.27. The molecule has 0 amide bonds. The molecule has 31 heavy (non-hydrogen) atoms. The first-order valence-electron chi connectivity index (χ1n) is 10.8. The van der Waals surface area contributed by atoms with Crippen molar-refractivity contribution in [2.24, 2.45) is 0 Å². The fourth-order valence-electron chi connectivity index (χ4n) is 3.52. The number of ether oxygens (including phenoxy) is 1. The van der Waals surface area contributed by atoms with Gasteiger partial charge in [0.15, 0.2) is 0 Å². The first-order valence-corrected chi connectivity index (χ1v) is 11.6. The zero-order valence-electron chi connectivity index (χ0n) is 18.6. The summed E-state index contributed by atoms with van der Waals surface area (Å²) < 4.78 is 21.4. The van der Waals surface area contributed by atoms with E-state index in [2.05, 4.69) is 53.4 Å². The molecule has 0 saturated heterocycles. The molecule has 5 heteroatoms. The number of methoxy groups -OCH3 is 1. The lowest BCUT2D eigenvalue weighted by molar-refractivity contribution is 0.302. The van der Waals surface area contributed by atoms with Gasteiger partial charge in [0.2, 0.25) is 0 Å². The van der Waals surface area contributed by atoms with Crippen LogP contribution in [0.4, 0.5) is 10.1 Å². The van der Waals surface area contributed by atoms with Crippen LogP contribution in [0.5, 0.6) is 5.75 Å². The van der Waals surface area contributed by atoms with Gasteiger partial charge in [0.1, 0.15) is 11.6 Å². The van der Waals surface area contributed by atoms with E-state index in [0.29, 0.717) is 0 Å². The SMILES string of the molecule is CCN(CC)CCCN(Sc1ccccc1)c1ccc(OC)cc1-c1ccc(F)cc1. The zero-order chi connectivity index (χ0) is 22.1. The molecule has 0 aliphatic rings. The molecule has 0 fully saturated rings. The van der Waals surface area contributed by atoms with Gasteiger partial charge in [0.25, 0.3) is 0 Å². The van der Waals surface area contributed by atoms with Gasteiger partial charge in [-0.3, -0.25) is 0 Å². The predicted octanol–water partition coefficient (Wildman–Crippen LogP) is 6.75. The van der Waals surface area contributed by atoms with Crippen molar-refractivity contribution in [2.75, 3.05) is 37.6 Å². The van der Waals surface area contributed by atoms with Gasteiger partial charge in [0, 0.05) is 17.0 Å². The van der Waals surface area contributed by atoms with Crippen LogP contribution in [0.2, 0.25) is 0 Å². The Bertz CT molecular complexity index is 930. The monoisotopic (exact) mass is 438 g/mol. The number of halogens is 1. The normalized spacial score (nSPS) is 11.0. The van der Waals surface area contributed by atoms with E-state index in [1.165, 1.54) is 17.0 Å². The molecule has 0 N–H and O–H groups in total. The van der Waals surface area contributed by atoms with Crippen molar-refractivity contribution in [1.82, 2.24) is 4.90 Å². The molecule has 0 unspecified atom stereocenters. The van der Waals surface area contributed by atoms with E-state index in [9.17, 15) is 4.39 Å². The van der Waals surface area contributed by atoms with E-state index in [1.54, 1.807) is 19.1 Å². The van der Waals surface area contributed by atoms with E-state index in [-0.39, 0.29) is 5.82 Å². The quantitative estimate of drug-likeness (QED) is 0.308. The van der Waals surface area contributed by atoms with Gasteiger partial charge in [-0.15, -0.1) is 0 Å². The van der Waals surface area contributed by atoms with Crippen molar-refractivity contribution < 1.29 is 9.13 Å². The van der Waals surface area contributed by atoms with Crippen molar-refractivity contribution in [3.8, 4) is 16.9 Å². The molecule has 0 bridgehead atoms. The van der Waals surface area contributed by atoms with E-state index in [1.807, 2.05) is 30.3 Å². The molecule has 0 aromatic heterocycles. The van der Waals surface area contributed by atoms with Gasteiger partial charge in [-0.2, -0.15) is 0 Å². The van der Waals surface area contributed by atoms with Crippen LogP contribution >= 0.6 is 11.9 Å². The maximum Gasteiger partial charge on any atom is 0.123 e. The smallest absolute Gasteiger partial charge is 0.123 e. The van der Waals surface area contributed by atoms with Crippen molar-refractivity contribution >= 4 is 17.6 Å². The number of hydrogen-bond donors (Lipinski definition) is 0. The highest BCUT2D eigenvalue weighted by Crippen LogP contribution is 2.39. The van der Waals surface area contributed by atoms with Crippen LogP contribution in [0.15, 0.2) is 77.7 Å². The second-order valence-corrected chi connectivity index (χ2v) is 8.37. The summed E-state index contributed by atoms with van der Waals surface area (Å²) in [5.41, 5.74) is 3.10. The average Bonchev–Trinajstić information content (AvgIpc) is 2.82. The molecule has 164 valence electrons. The number of anilines is 1. The largest absolute Gasteiger partial charge is 0.497 e. The number of nitrogens with zero attached hydrogens (tertiary/aromatic N) is 2. The van der Waals surface area contributed by atoms with Crippen LogP contribution in [0.1, 0.15) is 20.3 Å². The summed E-state index contributed by atoms with van der Waals surface area (Å²) in [6, 6.07) is 23.2. The Balaban J connectivity index is 1.95. The molecule has 0 radical (unpaired) electrons. The summed E-state index contributed by atoms with van der Waals surface area (Å²) in [4.78, 5) is 3.63. The van der Waals surface area contributed by atoms with Gasteiger partial charge >= 0.3 is 0 Å². The van der Waals surface area contributed by atoms with E-state index < -0.39 is 0 Å². The summed E-state index contributed by atoms with van der Waals surface area (Å²) >= 11 is 1.73. The highest BCUT2D eigenvalue weighted by Gasteiger charge is 2.16. The summed E-state index contributed by atoms with van der Waals surface area (Å²) in [7, 11) is 1.67. The Hall–Kier alpha value is -2.50. The highest BCUT2D eigenvalue weighted by molar-refractivity contribution is 8.00. The molecular formula is C26H31FN2OS. The molecular weight excluding hydrogens is 407 g/mol. The maximum absolute atomic E-state index is 13.6. The minimum atomic E-state index is -0.233. The summed E-state index contributed by atoms with van der Waals surface area (Å²) in [6.45, 7) is 8.49. The van der Waals surface area contributed by atoms with Gasteiger partial charge in [-0.05, 0) is 86.0 Å². The number of benzene rings is 3. The molecule has 3 nitrogen and oxygen atoms in total. The summed E-state index contributed by atoms with van der Waals surface area (Å²) in [5, 5.41) is 0. The average molecular weight is 439 g/mol. The second kappa shape index (κ2) is 11.8. The lowest BCUT2D eigenvalue weighted by Gasteiger charge is -2.28. The van der Waals surface area contributed by atoms with Crippen molar-refractivity contribution in [3.63, 3.8) is 0 Å². The lowest BCUT2D eigenvalue weighted by atomic mass is 10.0. The van der Waals surface area contributed by atoms with Crippen molar-refractivity contribution in [3.05, 3.63) is 78.6 Å². The zero-order valence-corrected chi connectivity index (χ0v) is 19.4. The molecule has 0 aliphatic heterocycles. The van der Waals surface area contributed by atoms with Crippen LogP contribution in [0.3, 0.4) is 0 Å². The van der Waals surface area contributed by atoms with Gasteiger partial charge in [-0.25, -0.2) is 4.39 Å². The number of hydrogen-bond acceptors (Lipinski definition) is 4. The van der Waals surface area contributed by atoms with Crippen molar-refractivity contribution in [1.29, 1.82) is 0 Å². The fraction of sp³-hybridized carbons (Fsp3) is 0.308. The standard InChI is InChI=1S/C26H31FN2OS/c1-4-28(5-2)18-9-19-29(31-24-10-7-6-8-11-24)26-17-16-23(30-3)20-25(26)21-12-14-22(27)15-13-21/h6-8,10-17,20H,4-5,9,18-19H2,1-3H3. The third-order valence-electron chi connectivity index (χ3n) is 5.32. The summed E-state index contributed by atoms with van der Waals surface area (Å²) in [6.07, 6.45) is 1.05. The molecule has 3 rings (SSSR count). The summed E-state index contributed by atoms with van der Waals surface area (Å²) in [5.74, 6) is 0.554. The van der Waals surface area contributed by atoms with Crippen molar-refractivity contribution in [2.45, 2.75) is 25.2 Å². The molecule has 0 atom stereocenters. The van der Waals surface area contributed by atoms with Crippen LogP contribution < -0.4 is 9.04 Å². The predicted molar refractivity (Wildman–Crippen MR) is 130 cm³/mol. The Morgan fingerprint density at radius 1 is 0.871 bits per heavy atom. The molecule has 3 aromatic rings. The molecule has 3 aromatic carbocycles. The first kappa shape index (κ1) is 23.2. The highest BCUT2D eigenvalue weighted by atomic mass is 32.2. The minimum Gasteiger partial charge on any atom is -0.497 e. The Morgan fingerprint density at radius 3 is 2.23 bits per heavy atom. The van der Waals surface area contributed by atoms with E-state index >= 15 is 0 Å². The van der Waals surface area contributed by atoms with E-state index in [4.69, 9.17) is 4.74 Å². The van der Waals surface area contributed by atoms with Crippen LogP contribution in [-0.4, -0.2) is 38.2 Å². The molecule has 0 aliphatic carbocycles. The molecule has 0 heterocycles. The Kier molecular flexibility index (Phi) is 8.80.